The van der Waals surface area contributed by atoms with E-state index in [-0.39, 0.29) is 36.2 Å². The van der Waals surface area contributed by atoms with Gasteiger partial charge in [0.05, 0.1) is 7.11 Å². The Balaban J connectivity index is 1.86. The molecule has 0 aromatic heterocycles. The van der Waals surface area contributed by atoms with E-state index in [9.17, 15) is 13.2 Å². The van der Waals surface area contributed by atoms with Crippen LogP contribution in [-0.2, 0) is 14.8 Å². The quantitative estimate of drug-likeness (QED) is 0.608. The molecule has 2 aromatic carbocycles. The minimum atomic E-state index is -3.76. The lowest BCUT2D eigenvalue weighted by Gasteiger charge is -2.14. The van der Waals surface area contributed by atoms with Crippen molar-refractivity contribution in [3.05, 3.63) is 52.6 Å². The SMILES string of the molecule is COc1cc(C)c(C)cc1S(=O)(=O)NCCNC(=O)COc1cccc(C)c1C. The minimum absolute atomic E-state index is 0.0492. The van der Waals surface area contributed by atoms with Gasteiger partial charge in [-0.2, -0.15) is 0 Å². The van der Waals surface area contributed by atoms with Gasteiger partial charge >= 0.3 is 0 Å². The number of benzene rings is 2. The number of hydrogen-bond acceptors (Lipinski definition) is 5. The number of aryl methyl sites for hydroxylation is 3. The molecule has 1 amide bonds. The van der Waals surface area contributed by atoms with Crippen molar-refractivity contribution in [2.75, 3.05) is 26.8 Å². The molecular formula is C21H28N2O5S. The summed E-state index contributed by atoms with van der Waals surface area (Å²) in [5, 5.41) is 2.64. The van der Waals surface area contributed by atoms with Crippen LogP contribution in [0.2, 0.25) is 0 Å². The molecule has 0 aliphatic carbocycles. The molecule has 2 N–H and O–H groups in total. The van der Waals surface area contributed by atoms with Gasteiger partial charge in [-0.3, -0.25) is 4.79 Å². The number of methoxy groups -OCH3 is 1. The van der Waals surface area contributed by atoms with Gasteiger partial charge in [0.1, 0.15) is 16.4 Å². The Morgan fingerprint density at radius 1 is 0.966 bits per heavy atom. The highest BCUT2D eigenvalue weighted by Crippen LogP contribution is 2.27. The maximum absolute atomic E-state index is 12.6. The van der Waals surface area contributed by atoms with Crippen molar-refractivity contribution in [1.29, 1.82) is 0 Å². The van der Waals surface area contributed by atoms with Crippen LogP contribution in [0.3, 0.4) is 0 Å². The van der Waals surface area contributed by atoms with Crippen molar-refractivity contribution in [3.8, 4) is 11.5 Å². The highest BCUT2D eigenvalue weighted by molar-refractivity contribution is 7.89. The lowest BCUT2D eigenvalue weighted by atomic mass is 10.1. The van der Waals surface area contributed by atoms with Gasteiger partial charge in [0.25, 0.3) is 5.91 Å². The maximum atomic E-state index is 12.6. The van der Waals surface area contributed by atoms with Gasteiger partial charge in [0, 0.05) is 13.1 Å². The zero-order valence-electron chi connectivity index (χ0n) is 17.5. The average Bonchev–Trinajstić information content (AvgIpc) is 2.68. The van der Waals surface area contributed by atoms with Crippen molar-refractivity contribution in [2.45, 2.75) is 32.6 Å². The number of ether oxygens (including phenoxy) is 2. The number of carbonyl (C=O) groups is 1. The predicted octanol–water partition coefficient (Wildman–Crippen LogP) is 2.40. The number of rotatable bonds is 9. The van der Waals surface area contributed by atoms with Crippen LogP contribution in [0, 0.1) is 27.7 Å². The number of nitrogens with one attached hydrogen (secondary N) is 2. The third-order valence-electron chi connectivity index (χ3n) is 4.72. The van der Waals surface area contributed by atoms with Crippen LogP contribution in [0.5, 0.6) is 11.5 Å². The molecule has 0 radical (unpaired) electrons. The Kier molecular flexibility index (Phi) is 7.64. The number of hydrogen-bond donors (Lipinski definition) is 2. The van der Waals surface area contributed by atoms with E-state index < -0.39 is 10.0 Å². The van der Waals surface area contributed by atoms with Crippen LogP contribution in [-0.4, -0.2) is 41.1 Å². The first kappa shape index (κ1) is 22.7. The number of carbonyl (C=O) groups excluding carboxylic acids is 1. The van der Waals surface area contributed by atoms with E-state index >= 15 is 0 Å². The molecule has 0 heterocycles. The van der Waals surface area contributed by atoms with Gasteiger partial charge in [0.2, 0.25) is 10.0 Å². The Bertz CT molecular complexity index is 987. The molecule has 0 unspecified atom stereocenters. The summed E-state index contributed by atoms with van der Waals surface area (Å²) in [6.07, 6.45) is 0. The summed E-state index contributed by atoms with van der Waals surface area (Å²) in [6, 6.07) is 8.91. The Morgan fingerprint density at radius 2 is 1.66 bits per heavy atom. The second kappa shape index (κ2) is 9.76. The molecule has 7 nitrogen and oxygen atoms in total. The van der Waals surface area contributed by atoms with Crippen LogP contribution in [0.4, 0.5) is 0 Å². The molecule has 8 heteroatoms. The molecular weight excluding hydrogens is 392 g/mol. The third kappa shape index (κ3) is 5.95. The van der Waals surface area contributed by atoms with Crippen molar-refractivity contribution in [2.24, 2.45) is 0 Å². The van der Waals surface area contributed by atoms with Crippen LogP contribution < -0.4 is 19.5 Å². The summed E-state index contributed by atoms with van der Waals surface area (Å²) in [7, 11) is -2.33. The molecule has 2 rings (SSSR count). The van der Waals surface area contributed by atoms with Gasteiger partial charge in [-0.05, 0) is 68.1 Å². The highest BCUT2D eigenvalue weighted by Gasteiger charge is 2.20. The lowest BCUT2D eigenvalue weighted by molar-refractivity contribution is -0.123. The molecule has 0 bridgehead atoms. The van der Waals surface area contributed by atoms with Gasteiger partial charge in [-0.15, -0.1) is 0 Å². The van der Waals surface area contributed by atoms with E-state index in [1.807, 2.05) is 39.8 Å². The molecule has 0 aliphatic rings. The van der Waals surface area contributed by atoms with Crippen molar-refractivity contribution < 1.29 is 22.7 Å². The Hall–Kier alpha value is -2.58. The normalized spacial score (nSPS) is 11.2. The smallest absolute Gasteiger partial charge is 0.257 e. The summed E-state index contributed by atoms with van der Waals surface area (Å²) < 4.78 is 38.4. The lowest BCUT2D eigenvalue weighted by Crippen LogP contribution is -2.37. The third-order valence-corrected chi connectivity index (χ3v) is 6.20. The molecule has 0 aliphatic heterocycles. The van der Waals surface area contributed by atoms with Crippen molar-refractivity contribution >= 4 is 15.9 Å². The molecule has 0 saturated carbocycles. The molecule has 0 fully saturated rings. The van der Waals surface area contributed by atoms with Crippen molar-refractivity contribution in [3.63, 3.8) is 0 Å². The summed E-state index contributed by atoms with van der Waals surface area (Å²) in [5.74, 6) is 0.614. The zero-order valence-corrected chi connectivity index (χ0v) is 18.3. The first-order valence-electron chi connectivity index (χ1n) is 9.26. The molecule has 0 spiro atoms. The summed E-state index contributed by atoms with van der Waals surface area (Å²) in [6.45, 7) is 7.68. The van der Waals surface area contributed by atoms with E-state index in [0.717, 1.165) is 22.3 Å². The Morgan fingerprint density at radius 3 is 2.34 bits per heavy atom. The Labute approximate surface area is 172 Å². The predicted molar refractivity (Wildman–Crippen MR) is 112 cm³/mol. The first-order valence-corrected chi connectivity index (χ1v) is 10.7. The monoisotopic (exact) mass is 420 g/mol. The fourth-order valence-corrected chi connectivity index (χ4v) is 3.94. The standard InChI is InChI=1S/C21H28N2O5S/c1-14-7-6-8-18(17(14)4)28-13-21(24)22-9-10-23-29(25,26)20-12-16(3)15(2)11-19(20)27-5/h6-8,11-12,23H,9-10,13H2,1-5H3,(H,22,24). The maximum Gasteiger partial charge on any atom is 0.257 e. The highest BCUT2D eigenvalue weighted by atomic mass is 32.2. The topological polar surface area (TPSA) is 93.7 Å². The van der Waals surface area contributed by atoms with E-state index in [4.69, 9.17) is 9.47 Å². The molecule has 2 aromatic rings. The van der Waals surface area contributed by atoms with Crippen molar-refractivity contribution in [1.82, 2.24) is 10.0 Å². The molecule has 0 atom stereocenters. The second-order valence-corrected chi connectivity index (χ2v) is 8.56. The van der Waals surface area contributed by atoms with E-state index in [1.165, 1.54) is 7.11 Å². The number of amides is 1. The minimum Gasteiger partial charge on any atom is -0.495 e. The van der Waals surface area contributed by atoms with Gasteiger partial charge in [-0.25, -0.2) is 13.1 Å². The number of sulfonamides is 1. The van der Waals surface area contributed by atoms with Crippen LogP contribution in [0.1, 0.15) is 22.3 Å². The molecule has 158 valence electrons. The molecule has 0 saturated heterocycles. The first-order chi connectivity index (χ1) is 13.7. The van der Waals surface area contributed by atoms with Crippen LogP contribution in [0.15, 0.2) is 35.2 Å². The fourth-order valence-electron chi connectivity index (χ4n) is 2.67. The zero-order chi connectivity index (χ0) is 21.6. The summed E-state index contributed by atoms with van der Waals surface area (Å²) >= 11 is 0. The largest absolute Gasteiger partial charge is 0.495 e. The fraction of sp³-hybridized carbons (Fsp3) is 0.381. The van der Waals surface area contributed by atoms with Gasteiger partial charge in [-0.1, -0.05) is 12.1 Å². The molecule has 29 heavy (non-hydrogen) atoms. The summed E-state index contributed by atoms with van der Waals surface area (Å²) in [4.78, 5) is 12.0. The van der Waals surface area contributed by atoms with E-state index in [1.54, 1.807) is 18.2 Å². The average molecular weight is 421 g/mol. The van der Waals surface area contributed by atoms with Gasteiger partial charge < -0.3 is 14.8 Å². The second-order valence-electron chi connectivity index (χ2n) is 6.82. The summed E-state index contributed by atoms with van der Waals surface area (Å²) in [5.41, 5.74) is 3.86. The van der Waals surface area contributed by atoms with Gasteiger partial charge in [0.15, 0.2) is 6.61 Å². The van der Waals surface area contributed by atoms with E-state index in [2.05, 4.69) is 10.0 Å². The van der Waals surface area contributed by atoms with E-state index in [0.29, 0.717) is 5.75 Å². The van der Waals surface area contributed by atoms with Crippen LogP contribution >= 0.6 is 0 Å². The van der Waals surface area contributed by atoms with Crippen LogP contribution in [0.25, 0.3) is 0 Å².